The lowest BCUT2D eigenvalue weighted by Crippen LogP contribution is -2.56. The number of methoxy groups -OCH3 is 4. The number of nitrogens with zero attached hydrogens (tertiary/aromatic N) is 3. The van der Waals surface area contributed by atoms with Crippen LogP contribution < -0.4 is 26.2 Å². The van der Waals surface area contributed by atoms with Crippen molar-refractivity contribution in [1.29, 1.82) is 0 Å². The number of alkyl carbamates (subject to hydrolysis) is 2. The van der Waals surface area contributed by atoms with Crippen molar-refractivity contribution in [3.05, 3.63) is 89.7 Å². The lowest BCUT2D eigenvalue weighted by atomic mass is 10.0. The first kappa shape index (κ1) is 47.2. The van der Waals surface area contributed by atoms with Crippen LogP contribution in [0.3, 0.4) is 0 Å². The zero-order valence-electron chi connectivity index (χ0n) is 37.0. The van der Waals surface area contributed by atoms with E-state index in [0.717, 1.165) is 29.7 Å². The highest BCUT2D eigenvalue weighted by molar-refractivity contribution is 6.00. The van der Waals surface area contributed by atoms with Gasteiger partial charge in [-0.15, -0.1) is 0 Å². The number of rotatable bonds is 15. The van der Waals surface area contributed by atoms with Gasteiger partial charge in [-0.3, -0.25) is 19.2 Å². The minimum atomic E-state index is -1.04. The van der Waals surface area contributed by atoms with Crippen LogP contribution in [-0.2, 0) is 38.1 Å². The molecule has 0 unspecified atom stereocenters. The van der Waals surface area contributed by atoms with Gasteiger partial charge in [0.2, 0.25) is 23.6 Å². The summed E-state index contributed by atoms with van der Waals surface area (Å²) in [5.41, 5.74) is 3.89. The predicted octanol–water partition coefficient (Wildman–Crippen LogP) is 5.29. The number of likely N-dealkylation sites (tertiary alicyclic amines) is 2. The maximum Gasteiger partial charge on any atom is 0.407 e. The SMILES string of the molecule is COC(=O)N[C@H](C(=O)N1CCC[C@H]1C(=O)Nc1ccc([C@H]2CC[C@H](c3ccc(NC(=O)[C@@H]4CCCN4C(=O)[C@@H](NC(=O)OC)[C@@H](C)OC)cc3)N2c2ccc(F)cc2)cc1)[C@@H](C)OC. The second kappa shape index (κ2) is 21.4. The summed E-state index contributed by atoms with van der Waals surface area (Å²) in [6, 6.07) is 17.7. The summed E-state index contributed by atoms with van der Waals surface area (Å²) in [6.07, 6.45) is 0.785. The number of carbonyl (C=O) groups excluding carboxylic acids is 6. The molecular formula is C46H58FN7O10. The van der Waals surface area contributed by atoms with E-state index in [1.54, 1.807) is 26.0 Å². The lowest BCUT2D eigenvalue weighted by Gasteiger charge is -2.33. The zero-order valence-corrected chi connectivity index (χ0v) is 37.0. The molecule has 18 heteroatoms. The third-order valence-corrected chi connectivity index (χ3v) is 12.4. The smallest absolute Gasteiger partial charge is 0.407 e. The maximum atomic E-state index is 14.2. The fourth-order valence-corrected chi connectivity index (χ4v) is 8.83. The van der Waals surface area contributed by atoms with Crippen LogP contribution in [0.4, 0.5) is 31.0 Å². The summed E-state index contributed by atoms with van der Waals surface area (Å²) < 4.78 is 34.3. The number of halogens is 1. The molecule has 3 aromatic carbocycles. The molecule has 17 nitrogen and oxygen atoms in total. The average Bonchev–Trinajstić information content (AvgIpc) is 4.11. The van der Waals surface area contributed by atoms with Crippen molar-refractivity contribution in [1.82, 2.24) is 20.4 Å². The number of hydrogen-bond acceptors (Lipinski definition) is 11. The highest BCUT2D eigenvalue weighted by Gasteiger charge is 2.42. The summed E-state index contributed by atoms with van der Waals surface area (Å²) in [4.78, 5) is 83.7. The standard InChI is InChI=1S/C46H58FN7O10/c1-27(61-3)39(50-45(59)63-5)43(57)52-25-7-9-37(52)41(55)48-32-17-11-29(12-18-32)35-23-24-36(54(35)34-21-15-31(47)16-22-34)30-13-19-33(20-14-30)49-42(56)38-10-8-26-53(38)44(58)40(28(2)62-4)51-46(60)64-6/h11-22,27-28,35-40H,7-10,23-26H2,1-6H3,(H,48,55)(H,49,56)(H,50,59)(H,51,60)/t27-,28-,35-,36-,37+,38+,39+,40+/m1/s1. The summed E-state index contributed by atoms with van der Waals surface area (Å²) >= 11 is 0. The average molecular weight is 888 g/mol. The molecule has 6 rings (SSSR count). The molecule has 3 fully saturated rings. The Bertz CT molecular complexity index is 2000. The summed E-state index contributed by atoms with van der Waals surface area (Å²) in [7, 11) is 5.27. The van der Waals surface area contributed by atoms with E-state index >= 15 is 0 Å². The van der Waals surface area contributed by atoms with Gasteiger partial charge in [-0.25, -0.2) is 14.0 Å². The second-order valence-electron chi connectivity index (χ2n) is 16.2. The van der Waals surface area contributed by atoms with Gasteiger partial charge in [0.1, 0.15) is 30.0 Å². The number of carbonyl (C=O) groups is 6. The van der Waals surface area contributed by atoms with E-state index in [1.807, 2.05) is 48.5 Å². The zero-order chi connectivity index (χ0) is 46.1. The molecule has 0 saturated carbocycles. The summed E-state index contributed by atoms with van der Waals surface area (Å²) in [5, 5.41) is 11.0. The van der Waals surface area contributed by atoms with Gasteiger partial charge >= 0.3 is 12.2 Å². The van der Waals surface area contributed by atoms with Gasteiger partial charge in [0, 0.05) is 44.4 Å². The topological polar surface area (TPSA) is 197 Å². The molecule has 0 aliphatic carbocycles. The quantitative estimate of drug-likeness (QED) is 0.155. The van der Waals surface area contributed by atoms with Crippen molar-refractivity contribution in [2.75, 3.05) is 57.1 Å². The normalized spacial score (nSPS) is 21.3. The molecule has 0 aromatic heterocycles. The van der Waals surface area contributed by atoms with Gasteiger partial charge in [-0.2, -0.15) is 0 Å². The molecule has 8 atom stereocenters. The van der Waals surface area contributed by atoms with Crippen LogP contribution in [-0.4, -0.2) is 124 Å². The molecule has 344 valence electrons. The molecule has 3 heterocycles. The summed E-state index contributed by atoms with van der Waals surface area (Å²) in [6.45, 7) is 4.00. The van der Waals surface area contributed by atoms with Crippen LogP contribution in [0.25, 0.3) is 0 Å². The first-order valence-electron chi connectivity index (χ1n) is 21.5. The Labute approximate surface area is 372 Å². The van der Waals surface area contributed by atoms with E-state index < -0.39 is 60.4 Å². The molecule has 0 spiro atoms. The number of hydrogen-bond donors (Lipinski definition) is 4. The van der Waals surface area contributed by atoms with Crippen molar-refractivity contribution >= 4 is 52.9 Å². The van der Waals surface area contributed by atoms with E-state index in [0.29, 0.717) is 50.1 Å². The van der Waals surface area contributed by atoms with Gasteiger partial charge in [-0.05, 0) is 112 Å². The minimum Gasteiger partial charge on any atom is -0.453 e. The van der Waals surface area contributed by atoms with Gasteiger partial charge in [0.15, 0.2) is 0 Å². The van der Waals surface area contributed by atoms with E-state index in [2.05, 4.69) is 26.2 Å². The predicted molar refractivity (Wildman–Crippen MR) is 235 cm³/mol. The fourth-order valence-electron chi connectivity index (χ4n) is 8.83. The van der Waals surface area contributed by atoms with Gasteiger partial charge in [0.25, 0.3) is 0 Å². The Morgan fingerprint density at radius 3 is 1.33 bits per heavy atom. The minimum absolute atomic E-state index is 0.103. The number of nitrogens with one attached hydrogen (secondary N) is 4. The fraction of sp³-hybridized carbons (Fsp3) is 0.478. The van der Waals surface area contributed by atoms with Crippen LogP contribution in [0.2, 0.25) is 0 Å². The molecular weight excluding hydrogens is 830 g/mol. The van der Waals surface area contributed by atoms with Crippen molar-refractivity contribution in [3.63, 3.8) is 0 Å². The highest BCUT2D eigenvalue weighted by Crippen LogP contribution is 2.47. The molecule has 3 saturated heterocycles. The molecule has 3 aliphatic rings. The van der Waals surface area contributed by atoms with Crippen molar-refractivity contribution in [3.8, 4) is 0 Å². The number of amides is 6. The Morgan fingerprint density at radius 2 is 0.969 bits per heavy atom. The monoisotopic (exact) mass is 887 g/mol. The van der Waals surface area contributed by atoms with Gasteiger partial charge in [0.05, 0.1) is 38.5 Å². The van der Waals surface area contributed by atoms with Crippen LogP contribution in [0, 0.1) is 5.82 Å². The number of anilines is 3. The largest absolute Gasteiger partial charge is 0.453 e. The Balaban J connectivity index is 1.14. The molecule has 0 bridgehead atoms. The van der Waals surface area contributed by atoms with Crippen LogP contribution in [0.1, 0.15) is 75.6 Å². The summed E-state index contributed by atoms with van der Waals surface area (Å²) in [5.74, 6) is -1.92. The van der Waals surface area contributed by atoms with Crippen LogP contribution in [0.5, 0.6) is 0 Å². The highest BCUT2D eigenvalue weighted by atomic mass is 19.1. The molecule has 0 radical (unpaired) electrons. The Hall–Kier alpha value is -6.27. The second-order valence-corrected chi connectivity index (χ2v) is 16.2. The molecule has 3 aliphatic heterocycles. The first-order chi connectivity index (χ1) is 30.8. The van der Waals surface area contributed by atoms with Crippen molar-refractivity contribution in [2.45, 2.75) is 101 Å². The Kier molecular flexibility index (Phi) is 15.8. The molecule has 3 aromatic rings. The molecule has 4 N–H and O–H groups in total. The van der Waals surface area contributed by atoms with Crippen LogP contribution >= 0.6 is 0 Å². The van der Waals surface area contributed by atoms with Crippen LogP contribution in [0.15, 0.2) is 72.8 Å². The van der Waals surface area contributed by atoms with Crippen molar-refractivity contribution in [2.24, 2.45) is 0 Å². The Morgan fingerprint density at radius 1 is 0.578 bits per heavy atom. The van der Waals surface area contributed by atoms with Gasteiger partial charge in [-0.1, -0.05) is 24.3 Å². The molecule has 6 amide bonds. The maximum absolute atomic E-state index is 14.2. The number of benzene rings is 3. The third kappa shape index (κ3) is 10.7. The van der Waals surface area contributed by atoms with Gasteiger partial charge < -0.3 is 54.9 Å². The van der Waals surface area contributed by atoms with E-state index in [-0.39, 0.29) is 29.7 Å². The van der Waals surface area contributed by atoms with E-state index in [9.17, 15) is 33.2 Å². The van der Waals surface area contributed by atoms with E-state index in [1.165, 1.54) is 50.4 Å². The van der Waals surface area contributed by atoms with Crippen molar-refractivity contribution < 1.29 is 52.1 Å². The number of ether oxygens (including phenoxy) is 4. The molecule has 64 heavy (non-hydrogen) atoms. The first-order valence-corrected chi connectivity index (χ1v) is 21.5. The van der Waals surface area contributed by atoms with E-state index in [4.69, 9.17) is 18.9 Å². The third-order valence-electron chi connectivity index (χ3n) is 12.4. The lowest BCUT2D eigenvalue weighted by molar-refractivity contribution is -0.141.